The summed E-state index contributed by atoms with van der Waals surface area (Å²) in [5.41, 5.74) is 0. The van der Waals surface area contributed by atoms with Crippen LogP contribution in [0, 0.1) is 0 Å². The molecule has 2 aromatic rings. The molecule has 2 aromatic carbocycles. The van der Waals surface area contributed by atoms with E-state index in [1.54, 1.807) is 18.2 Å². The molecule has 4 nitrogen and oxygen atoms in total. The molecule has 0 heterocycles. The maximum atomic E-state index is 12.0. The quantitative estimate of drug-likeness (QED) is 0.864. The van der Waals surface area contributed by atoms with Crippen LogP contribution in [0.2, 0.25) is 0 Å². The highest BCUT2D eigenvalue weighted by molar-refractivity contribution is 7.89. The van der Waals surface area contributed by atoms with E-state index in [4.69, 9.17) is 4.74 Å². The summed E-state index contributed by atoms with van der Waals surface area (Å²) < 4.78 is 30.7. The van der Waals surface area contributed by atoms with E-state index >= 15 is 0 Å². The Hall–Kier alpha value is -1.59. The van der Waals surface area contributed by atoms with Gasteiger partial charge in [0.1, 0.15) is 5.75 Å². The molecule has 0 unspecified atom stereocenters. The van der Waals surface area contributed by atoms with Crippen molar-refractivity contribution in [2.45, 2.75) is 11.8 Å². The van der Waals surface area contributed by atoms with Gasteiger partial charge in [0.15, 0.2) is 0 Å². The number of benzene rings is 2. The topological polar surface area (TPSA) is 46.6 Å². The second-order valence-corrected chi connectivity index (χ2v) is 6.54. The zero-order valence-electron chi connectivity index (χ0n) is 11.3. The summed E-state index contributed by atoms with van der Waals surface area (Å²) in [5.74, 6) is 0.790. The lowest BCUT2D eigenvalue weighted by Gasteiger charge is -2.12. The molecule has 0 N–H and O–H groups in total. The van der Waals surface area contributed by atoms with Gasteiger partial charge in [-0.1, -0.05) is 12.1 Å². The first kappa shape index (κ1) is 13.8. The van der Waals surface area contributed by atoms with E-state index in [2.05, 4.69) is 0 Å². The van der Waals surface area contributed by atoms with Gasteiger partial charge in [0.2, 0.25) is 10.0 Å². The molecule has 0 fully saturated rings. The van der Waals surface area contributed by atoms with Gasteiger partial charge in [-0.25, -0.2) is 12.7 Å². The van der Waals surface area contributed by atoms with Crippen LogP contribution in [0.3, 0.4) is 0 Å². The number of nitrogens with zero attached hydrogens (tertiary/aromatic N) is 1. The van der Waals surface area contributed by atoms with Crippen molar-refractivity contribution in [1.82, 2.24) is 4.31 Å². The first-order valence-electron chi connectivity index (χ1n) is 6.04. The van der Waals surface area contributed by atoms with Crippen LogP contribution in [0.25, 0.3) is 10.8 Å². The van der Waals surface area contributed by atoms with Crippen LogP contribution in [0.4, 0.5) is 0 Å². The van der Waals surface area contributed by atoms with Crippen molar-refractivity contribution in [3.05, 3.63) is 36.4 Å². The van der Waals surface area contributed by atoms with E-state index in [1.165, 1.54) is 18.4 Å². The molecule has 0 atom stereocenters. The van der Waals surface area contributed by atoms with Gasteiger partial charge in [0.25, 0.3) is 0 Å². The van der Waals surface area contributed by atoms with E-state index < -0.39 is 10.0 Å². The van der Waals surface area contributed by atoms with Crippen molar-refractivity contribution in [2.24, 2.45) is 0 Å². The second-order valence-electron chi connectivity index (χ2n) is 4.39. The van der Waals surface area contributed by atoms with Crippen LogP contribution >= 0.6 is 0 Å². The van der Waals surface area contributed by atoms with Gasteiger partial charge < -0.3 is 4.74 Å². The zero-order chi connectivity index (χ0) is 14.0. The van der Waals surface area contributed by atoms with Crippen LogP contribution in [-0.2, 0) is 10.0 Å². The summed E-state index contributed by atoms with van der Waals surface area (Å²) in [6, 6.07) is 10.7. The van der Waals surface area contributed by atoms with E-state index in [-0.39, 0.29) is 0 Å². The SMILES string of the molecule is CCOc1ccc2cc(S(=O)(=O)N(C)C)ccc2c1. The second kappa shape index (κ2) is 5.19. The summed E-state index contributed by atoms with van der Waals surface area (Å²) in [5, 5.41) is 1.84. The Bertz CT molecular complexity index is 693. The average molecular weight is 279 g/mol. The average Bonchev–Trinajstić information content (AvgIpc) is 2.38. The van der Waals surface area contributed by atoms with E-state index in [9.17, 15) is 8.42 Å². The third kappa shape index (κ3) is 2.72. The Morgan fingerprint density at radius 2 is 1.68 bits per heavy atom. The van der Waals surface area contributed by atoms with E-state index in [1.807, 2.05) is 25.1 Å². The molecule has 2 rings (SSSR count). The molecular weight excluding hydrogens is 262 g/mol. The molecule has 0 saturated carbocycles. The molecule has 0 aliphatic heterocycles. The van der Waals surface area contributed by atoms with Gasteiger partial charge in [-0.05, 0) is 42.0 Å². The Balaban J connectivity index is 2.51. The lowest BCUT2D eigenvalue weighted by atomic mass is 10.1. The standard InChI is InChI=1S/C14H17NO3S/c1-4-18-13-7-5-12-10-14(8-6-11(12)9-13)19(16,17)15(2)3/h5-10H,4H2,1-3H3. The summed E-state index contributed by atoms with van der Waals surface area (Å²) in [4.78, 5) is 0.300. The number of fused-ring (bicyclic) bond motifs is 1. The third-order valence-corrected chi connectivity index (χ3v) is 4.68. The first-order chi connectivity index (χ1) is 8.95. The monoisotopic (exact) mass is 279 g/mol. The maximum absolute atomic E-state index is 12.0. The zero-order valence-corrected chi connectivity index (χ0v) is 12.1. The minimum atomic E-state index is -3.39. The van der Waals surface area contributed by atoms with Crippen molar-refractivity contribution in [2.75, 3.05) is 20.7 Å². The lowest BCUT2D eigenvalue weighted by Crippen LogP contribution is -2.22. The van der Waals surface area contributed by atoms with Gasteiger partial charge in [0, 0.05) is 14.1 Å². The highest BCUT2D eigenvalue weighted by atomic mass is 32.2. The fourth-order valence-corrected chi connectivity index (χ4v) is 2.77. The molecule has 0 radical (unpaired) electrons. The molecule has 19 heavy (non-hydrogen) atoms. The predicted octanol–water partition coefficient (Wildman–Crippen LogP) is 2.49. The van der Waals surface area contributed by atoms with Gasteiger partial charge in [-0.2, -0.15) is 0 Å². The van der Waals surface area contributed by atoms with Gasteiger partial charge in [-0.3, -0.25) is 0 Å². The molecular formula is C14H17NO3S. The maximum Gasteiger partial charge on any atom is 0.242 e. The smallest absolute Gasteiger partial charge is 0.242 e. The molecule has 0 aliphatic carbocycles. The van der Waals surface area contributed by atoms with E-state index in [0.29, 0.717) is 11.5 Å². The summed E-state index contributed by atoms with van der Waals surface area (Å²) >= 11 is 0. The predicted molar refractivity (Wildman–Crippen MR) is 76.0 cm³/mol. The highest BCUT2D eigenvalue weighted by Crippen LogP contribution is 2.24. The third-order valence-electron chi connectivity index (χ3n) is 2.87. The Morgan fingerprint density at radius 3 is 2.32 bits per heavy atom. The minimum Gasteiger partial charge on any atom is -0.494 e. The number of ether oxygens (including phenoxy) is 1. The van der Waals surface area contributed by atoms with Crippen molar-refractivity contribution >= 4 is 20.8 Å². The van der Waals surface area contributed by atoms with Crippen molar-refractivity contribution in [1.29, 1.82) is 0 Å². The molecule has 0 aliphatic rings. The summed E-state index contributed by atoms with van der Waals surface area (Å²) in [7, 11) is -0.336. The molecule has 0 spiro atoms. The fraction of sp³-hybridized carbons (Fsp3) is 0.286. The minimum absolute atomic E-state index is 0.300. The number of hydrogen-bond acceptors (Lipinski definition) is 3. The number of rotatable bonds is 4. The lowest BCUT2D eigenvalue weighted by molar-refractivity contribution is 0.341. The highest BCUT2D eigenvalue weighted by Gasteiger charge is 2.17. The molecule has 0 bridgehead atoms. The van der Waals surface area contributed by atoms with Crippen molar-refractivity contribution in [3.8, 4) is 5.75 Å². The molecule has 0 aromatic heterocycles. The van der Waals surface area contributed by atoms with Crippen LogP contribution in [0.5, 0.6) is 5.75 Å². The van der Waals surface area contributed by atoms with Crippen molar-refractivity contribution in [3.63, 3.8) is 0 Å². The summed E-state index contributed by atoms with van der Waals surface area (Å²) in [6.07, 6.45) is 0. The first-order valence-corrected chi connectivity index (χ1v) is 7.48. The molecule has 5 heteroatoms. The van der Waals surface area contributed by atoms with Crippen LogP contribution in [0.15, 0.2) is 41.3 Å². The Labute approximate surface area is 113 Å². The van der Waals surface area contributed by atoms with Crippen LogP contribution < -0.4 is 4.74 Å². The Kier molecular flexibility index (Phi) is 3.78. The molecule has 102 valence electrons. The molecule has 0 saturated heterocycles. The van der Waals surface area contributed by atoms with E-state index in [0.717, 1.165) is 16.5 Å². The number of sulfonamides is 1. The Morgan fingerprint density at radius 1 is 1.05 bits per heavy atom. The van der Waals surface area contributed by atoms with Crippen molar-refractivity contribution < 1.29 is 13.2 Å². The summed E-state index contributed by atoms with van der Waals surface area (Å²) in [6.45, 7) is 2.54. The molecule has 0 amide bonds. The van der Waals surface area contributed by atoms with Gasteiger partial charge in [0.05, 0.1) is 11.5 Å². The van der Waals surface area contributed by atoms with Gasteiger partial charge >= 0.3 is 0 Å². The fourth-order valence-electron chi connectivity index (χ4n) is 1.83. The normalized spacial score (nSPS) is 12.0. The van der Waals surface area contributed by atoms with Crippen LogP contribution in [0.1, 0.15) is 6.92 Å². The van der Waals surface area contributed by atoms with Gasteiger partial charge in [-0.15, -0.1) is 0 Å². The van der Waals surface area contributed by atoms with Crippen LogP contribution in [-0.4, -0.2) is 33.4 Å². The number of hydrogen-bond donors (Lipinski definition) is 0. The largest absolute Gasteiger partial charge is 0.494 e.